The van der Waals surface area contributed by atoms with Crippen LogP contribution in [0.2, 0.25) is 5.02 Å². The molecule has 1 aromatic carbocycles. The maximum absolute atomic E-state index is 13.4. The van der Waals surface area contributed by atoms with Crippen molar-refractivity contribution in [1.82, 2.24) is 19.5 Å². The molecule has 1 fully saturated rings. The van der Waals surface area contributed by atoms with Gasteiger partial charge in [-0.25, -0.2) is 9.50 Å². The van der Waals surface area contributed by atoms with Crippen molar-refractivity contribution in [3.05, 3.63) is 58.5 Å². The number of aryl methyl sites for hydroxylation is 2. The first kappa shape index (κ1) is 21.6. The largest absolute Gasteiger partial charge is 0.493 e. The molecule has 0 bridgehead atoms. The zero-order chi connectivity index (χ0) is 22.2. The molecule has 1 aliphatic rings. The monoisotopic (exact) mass is 442 g/mol. The molecule has 1 amide bonds. The lowest BCUT2D eigenvalue weighted by atomic mass is 9.99. The van der Waals surface area contributed by atoms with E-state index in [0.29, 0.717) is 47.4 Å². The van der Waals surface area contributed by atoms with E-state index >= 15 is 0 Å². The third-order valence-corrected chi connectivity index (χ3v) is 5.81. The summed E-state index contributed by atoms with van der Waals surface area (Å²) in [5.41, 5.74) is 1.83. The van der Waals surface area contributed by atoms with Gasteiger partial charge in [-0.15, -0.1) is 0 Å². The molecule has 0 spiro atoms. The molecule has 0 saturated carbocycles. The molecule has 164 valence electrons. The van der Waals surface area contributed by atoms with Crippen molar-refractivity contribution >= 4 is 23.2 Å². The second-order valence-electron chi connectivity index (χ2n) is 8.57. The predicted molar refractivity (Wildman–Crippen MR) is 119 cm³/mol. The molecule has 0 radical (unpaired) electrons. The van der Waals surface area contributed by atoms with E-state index < -0.39 is 5.54 Å². The number of amides is 1. The molecule has 31 heavy (non-hydrogen) atoms. The molecule has 2 aromatic heterocycles. The third-order valence-electron chi connectivity index (χ3n) is 5.57. The summed E-state index contributed by atoms with van der Waals surface area (Å²) in [4.78, 5) is 19.8. The van der Waals surface area contributed by atoms with Gasteiger partial charge in [-0.05, 0) is 51.0 Å². The fourth-order valence-electron chi connectivity index (χ4n) is 3.82. The summed E-state index contributed by atoms with van der Waals surface area (Å²) in [5.74, 6) is 1.13. The van der Waals surface area contributed by atoms with Crippen LogP contribution in [0.25, 0.3) is 5.65 Å². The van der Waals surface area contributed by atoms with Crippen molar-refractivity contribution in [1.29, 1.82) is 0 Å². The lowest BCUT2D eigenvalue weighted by Gasteiger charge is -2.44. The number of morpholine rings is 1. The summed E-state index contributed by atoms with van der Waals surface area (Å²) in [6.45, 7) is 7.03. The number of nitrogens with zero attached hydrogens (tertiary/aromatic N) is 4. The Balaban J connectivity index is 1.61. The highest BCUT2D eigenvalue weighted by Gasteiger charge is 2.37. The summed E-state index contributed by atoms with van der Waals surface area (Å²) < 4.78 is 12.9. The van der Waals surface area contributed by atoms with Crippen LogP contribution >= 0.6 is 11.6 Å². The van der Waals surface area contributed by atoms with Gasteiger partial charge >= 0.3 is 0 Å². The van der Waals surface area contributed by atoms with Crippen LogP contribution < -0.4 is 4.74 Å². The number of hydrogen-bond donors (Lipinski definition) is 0. The number of carbonyl (C=O) groups excluding carboxylic acids is 1. The number of benzene rings is 1. The number of halogens is 1. The average molecular weight is 443 g/mol. The number of aromatic nitrogens is 3. The van der Waals surface area contributed by atoms with Crippen molar-refractivity contribution in [3.8, 4) is 5.75 Å². The summed E-state index contributed by atoms with van der Waals surface area (Å²) >= 11 is 6.07. The predicted octanol–water partition coefficient (Wildman–Crippen LogP) is 3.82. The Kier molecular flexibility index (Phi) is 5.90. The molecule has 1 unspecified atom stereocenters. The van der Waals surface area contributed by atoms with E-state index in [1.165, 1.54) is 0 Å². The van der Waals surface area contributed by atoms with Crippen LogP contribution in [0, 0.1) is 0 Å². The van der Waals surface area contributed by atoms with Gasteiger partial charge < -0.3 is 14.4 Å². The molecule has 1 atom stereocenters. The Labute approximate surface area is 186 Å². The minimum Gasteiger partial charge on any atom is -0.493 e. The Morgan fingerprint density at radius 1 is 1.32 bits per heavy atom. The molecule has 3 aromatic rings. The lowest BCUT2D eigenvalue weighted by Crippen LogP contribution is -2.57. The van der Waals surface area contributed by atoms with Crippen LogP contribution in [0.15, 0.2) is 36.5 Å². The van der Waals surface area contributed by atoms with Gasteiger partial charge in [0.25, 0.3) is 5.91 Å². The lowest BCUT2D eigenvalue weighted by molar-refractivity contribution is -0.0756. The summed E-state index contributed by atoms with van der Waals surface area (Å²) in [7, 11) is 1.57. The molecular formula is C23H27ClN4O3. The molecule has 8 heteroatoms. The summed E-state index contributed by atoms with van der Waals surface area (Å²) in [5, 5.41) is 5.31. The molecule has 4 rings (SSSR count). The van der Waals surface area contributed by atoms with Crippen LogP contribution in [-0.4, -0.2) is 57.3 Å². The van der Waals surface area contributed by atoms with Gasteiger partial charge in [-0.2, -0.15) is 5.10 Å². The highest BCUT2D eigenvalue weighted by atomic mass is 35.5. The van der Waals surface area contributed by atoms with E-state index in [9.17, 15) is 4.79 Å². The Morgan fingerprint density at radius 3 is 2.87 bits per heavy atom. The van der Waals surface area contributed by atoms with Gasteiger partial charge in [0.1, 0.15) is 0 Å². The quantitative estimate of drug-likeness (QED) is 0.600. The van der Waals surface area contributed by atoms with Gasteiger partial charge in [0, 0.05) is 24.2 Å². The first-order valence-electron chi connectivity index (χ1n) is 10.4. The number of rotatable bonds is 5. The molecule has 7 nitrogen and oxygen atoms in total. The number of methoxy groups -OCH3 is 1. The van der Waals surface area contributed by atoms with E-state index in [4.69, 9.17) is 21.1 Å². The van der Waals surface area contributed by atoms with E-state index in [2.05, 4.69) is 10.1 Å². The van der Waals surface area contributed by atoms with Crippen LogP contribution in [0.4, 0.5) is 0 Å². The van der Waals surface area contributed by atoms with Gasteiger partial charge in [0.05, 0.1) is 30.9 Å². The second kappa shape index (κ2) is 8.48. The first-order chi connectivity index (χ1) is 14.8. The topological polar surface area (TPSA) is 69.0 Å². The van der Waals surface area contributed by atoms with Crippen molar-refractivity contribution < 1.29 is 14.3 Å². The second-order valence-corrected chi connectivity index (χ2v) is 9.01. The van der Waals surface area contributed by atoms with E-state index in [-0.39, 0.29) is 12.0 Å². The number of carbonyl (C=O) groups is 1. The maximum Gasteiger partial charge on any atom is 0.256 e. The number of fused-ring (bicyclic) bond motifs is 1. The van der Waals surface area contributed by atoms with Crippen LogP contribution in [0.5, 0.6) is 5.75 Å². The number of pyridine rings is 1. The van der Waals surface area contributed by atoms with Crippen LogP contribution in [0.3, 0.4) is 0 Å². The first-order valence-corrected chi connectivity index (χ1v) is 10.8. The zero-order valence-electron chi connectivity index (χ0n) is 18.3. The van der Waals surface area contributed by atoms with Crippen molar-refractivity contribution in [2.24, 2.45) is 0 Å². The fourth-order valence-corrected chi connectivity index (χ4v) is 4.03. The number of hydrogen-bond acceptors (Lipinski definition) is 5. The molecular weight excluding hydrogens is 416 g/mol. The maximum atomic E-state index is 13.4. The molecule has 3 heterocycles. The van der Waals surface area contributed by atoms with E-state index in [1.54, 1.807) is 23.9 Å². The molecule has 0 aliphatic carbocycles. The Morgan fingerprint density at radius 2 is 2.13 bits per heavy atom. The molecule has 0 N–H and O–H groups in total. The smallest absolute Gasteiger partial charge is 0.256 e. The summed E-state index contributed by atoms with van der Waals surface area (Å²) in [6.07, 6.45) is 3.15. The Bertz CT molecular complexity index is 1110. The van der Waals surface area contributed by atoms with Crippen LogP contribution in [-0.2, 0) is 17.6 Å². The fraction of sp³-hybridized carbons (Fsp3) is 0.435. The van der Waals surface area contributed by atoms with Crippen LogP contribution in [0.1, 0.15) is 42.5 Å². The minimum atomic E-state index is -0.393. The molecule has 1 saturated heterocycles. The normalized spacial score (nSPS) is 18.4. The van der Waals surface area contributed by atoms with E-state index in [0.717, 1.165) is 12.0 Å². The van der Waals surface area contributed by atoms with Crippen molar-refractivity contribution in [2.75, 3.05) is 20.3 Å². The van der Waals surface area contributed by atoms with Gasteiger partial charge in [0.2, 0.25) is 0 Å². The van der Waals surface area contributed by atoms with Gasteiger partial charge in [-0.3, -0.25) is 4.79 Å². The van der Waals surface area contributed by atoms with Crippen molar-refractivity contribution in [3.63, 3.8) is 0 Å². The van der Waals surface area contributed by atoms with E-state index in [1.807, 2.05) is 49.9 Å². The highest BCUT2D eigenvalue weighted by molar-refractivity contribution is 6.30. The molecule has 1 aliphatic heterocycles. The Hall–Kier alpha value is -2.64. The third kappa shape index (κ3) is 4.52. The highest BCUT2D eigenvalue weighted by Crippen LogP contribution is 2.27. The minimum absolute atomic E-state index is 0.00735. The summed E-state index contributed by atoms with van der Waals surface area (Å²) in [6, 6.07) is 9.50. The van der Waals surface area contributed by atoms with Crippen molar-refractivity contribution in [2.45, 2.75) is 45.3 Å². The SMILES string of the molecule is COc1cc(C(=O)N2CC(C)OCC2(C)C)cn2nc(CCc3cccc(Cl)c3)nc12. The van der Waals surface area contributed by atoms with Gasteiger partial charge in [-0.1, -0.05) is 23.7 Å². The zero-order valence-corrected chi connectivity index (χ0v) is 19.0. The van der Waals surface area contributed by atoms with Gasteiger partial charge in [0.15, 0.2) is 17.2 Å². The standard InChI is InChI=1S/C23H27ClN4O3/c1-15-12-27(23(2,3)14-31-15)22(29)17-11-19(30-4)21-25-20(26-28(21)13-17)9-8-16-6-5-7-18(24)10-16/h5-7,10-11,13,15H,8-9,12,14H2,1-4H3. The average Bonchev–Trinajstić information content (AvgIpc) is 3.16. The number of ether oxygens (including phenoxy) is 2.